The molecule has 1 aromatic heterocycles. The predicted octanol–water partition coefficient (Wildman–Crippen LogP) is 5.29. The summed E-state index contributed by atoms with van der Waals surface area (Å²) in [6.45, 7) is 10.7. The molecule has 0 aliphatic carbocycles. The summed E-state index contributed by atoms with van der Waals surface area (Å²) in [5.74, 6) is 0.00146. The highest BCUT2D eigenvalue weighted by molar-refractivity contribution is 6.01. The number of nitrogens with one attached hydrogen (secondary N) is 1. The maximum atomic E-state index is 14.1. The third kappa shape index (κ3) is 6.23. The molecule has 0 fully saturated rings. The van der Waals surface area contributed by atoms with Gasteiger partial charge in [-0.3, -0.25) is 14.5 Å². The number of hydrogen-bond acceptors (Lipinski definition) is 4. The topological polar surface area (TPSA) is 80.1 Å². The van der Waals surface area contributed by atoms with Gasteiger partial charge in [-0.1, -0.05) is 67.1 Å². The Balaban J connectivity index is 1.79. The van der Waals surface area contributed by atoms with E-state index in [4.69, 9.17) is 0 Å². The number of fused-ring (bicyclic) bond motifs is 1. The van der Waals surface area contributed by atoms with Crippen molar-refractivity contribution in [1.29, 1.82) is 0 Å². The van der Waals surface area contributed by atoms with Gasteiger partial charge in [0.2, 0.25) is 11.8 Å². The second-order valence-electron chi connectivity index (χ2n) is 10.1. The Morgan fingerprint density at radius 1 is 0.919 bits per heavy atom. The van der Waals surface area contributed by atoms with Crippen molar-refractivity contribution in [2.75, 3.05) is 11.4 Å². The zero-order chi connectivity index (χ0) is 26.5. The molecule has 1 atom stereocenters. The van der Waals surface area contributed by atoms with Crippen LogP contribution in [0.4, 0.5) is 5.69 Å². The lowest BCUT2D eigenvalue weighted by molar-refractivity contribution is -0.127. The molecule has 0 saturated heterocycles. The van der Waals surface area contributed by atoms with Gasteiger partial charge in [0.15, 0.2) is 0 Å². The van der Waals surface area contributed by atoms with Crippen molar-refractivity contribution in [3.05, 3.63) is 89.0 Å². The fourth-order valence-electron chi connectivity index (χ4n) is 4.51. The van der Waals surface area contributed by atoms with E-state index in [1.807, 2.05) is 81.4 Å². The van der Waals surface area contributed by atoms with E-state index in [1.165, 1.54) is 0 Å². The number of para-hydroxylation sites is 1. The van der Waals surface area contributed by atoms with Crippen molar-refractivity contribution < 1.29 is 9.59 Å². The van der Waals surface area contributed by atoms with Crippen molar-refractivity contribution >= 4 is 28.5 Å². The molecule has 0 spiro atoms. The van der Waals surface area contributed by atoms with E-state index in [9.17, 15) is 9.59 Å². The molecule has 7 heteroatoms. The first-order chi connectivity index (χ1) is 17.7. The molecule has 0 aliphatic heterocycles. The van der Waals surface area contributed by atoms with Gasteiger partial charge >= 0.3 is 0 Å². The molecule has 0 unspecified atom stereocenters. The van der Waals surface area contributed by atoms with E-state index in [0.717, 1.165) is 39.7 Å². The summed E-state index contributed by atoms with van der Waals surface area (Å²) in [6.07, 6.45) is 0.856. The molecule has 0 bridgehead atoms. The average molecular weight is 498 g/mol. The van der Waals surface area contributed by atoms with Gasteiger partial charge in [0.25, 0.3) is 0 Å². The monoisotopic (exact) mass is 497 g/mol. The summed E-state index contributed by atoms with van der Waals surface area (Å²) in [4.78, 5) is 29.5. The molecule has 0 saturated carbocycles. The van der Waals surface area contributed by atoms with Crippen LogP contribution in [0.15, 0.2) is 66.7 Å². The SMILES string of the molecule is Cc1ccc([C@@H](C(=O)NCCC(C)C)N(C(=O)Cn2nnc3ccccc32)c2cc(C)cc(C)c2)cc1. The Morgan fingerprint density at radius 3 is 2.27 bits per heavy atom. The fraction of sp³-hybridized carbons (Fsp3) is 0.333. The lowest BCUT2D eigenvalue weighted by Crippen LogP contribution is -2.45. The van der Waals surface area contributed by atoms with Crippen molar-refractivity contribution in [3.63, 3.8) is 0 Å². The lowest BCUT2D eigenvalue weighted by Gasteiger charge is -2.32. The van der Waals surface area contributed by atoms with E-state index in [0.29, 0.717) is 18.2 Å². The first kappa shape index (κ1) is 26.1. The van der Waals surface area contributed by atoms with E-state index in [2.05, 4.69) is 35.5 Å². The molecule has 4 rings (SSSR count). The van der Waals surface area contributed by atoms with Crippen molar-refractivity contribution in [3.8, 4) is 0 Å². The second-order valence-corrected chi connectivity index (χ2v) is 10.1. The second kappa shape index (κ2) is 11.4. The Morgan fingerprint density at radius 2 is 1.59 bits per heavy atom. The van der Waals surface area contributed by atoms with Gasteiger partial charge in [-0.25, -0.2) is 4.68 Å². The fourth-order valence-corrected chi connectivity index (χ4v) is 4.51. The summed E-state index contributed by atoms with van der Waals surface area (Å²) in [7, 11) is 0. The van der Waals surface area contributed by atoms with E-state index < -0.39 is 6.04 Å². The van der Waals surface area contributed by atoms with Crippen LogP contribution in [0.3, 0.4) is 0 Å². The van der Waals surface area contributed by atoms with Gasteiger partial charge in [0.1, 0.15) is 18.1 Å². The van der Waals surface area contributed by atoms with Crippen LogP contribution in [-0.2, 0) is 16.1 Å². The van der Waals surface area contributed by atoms with Gasteiger partial charge < -0.3 is 5.32 Å². The number of rotatable bonds is 9. The summed E-state index contributed by atoms with van der Waals surface area (Å²) in [6, 6.07) is 20.5. The van der Waals surface area contributed by atoms with E-state index in [1.54, 1.807) is 9.58 Å². The number of anilines is 1. The van der Waals surface area contributed by atoms with Crippen LogP contribution in [0, 0.1) is 26.7 Å². The van der Waals surface area contributed by atoms with Gasteiger partial charge in [-0.15, -0.1) is 5.10 Å². The maximum absolute atomic E-state index is 14.1. The summed E-state index contributed by atoms with van der Waals surface area (Å²) < 4.78 is 1.59. The van der Waals surface area contributed by atoms with Crippen LogP contribution >= 0.6 is 0 Å². The van der Waals surface area contributed by atoms with Crippen molar-refractivity contribution in [1.82, 2.24) is 20.3 Å². The third-order valence-corrected chi connectivity index (χ3v) is 6.38. The molecule has 3 aromatic carbocycles. The standard InChI is InChI=1S/C30H35N5O2/c1-20(2)14-15-31-30(37)29(24-12-10-21(3)11-13-24)35(25-17-22(4)16-23(5)18-25)28(36)19-34-27-9-7-6-8-26(27)32-33-34/h6-13,16-18,20,29H,14-15,19H2,1-5H3,(H,31,37)/t29-/m0/s1. The molecular formula is C30H35N5O2. The molecule has 1 N–H and O–H groups in total. The lowest BCUT2D eigenvalue weighted by atomic mass is 10.0. The van der Waals surface area contributed by atoms with Crippen LogP contribution in [0.5, 0.6) is 0 Å². The molecule has 37 heavy (non-hydrogen) atoms. The zero-order valence-corrected chi connectivity index (χ0v) is 22.2. The Labute approximate surface area is 218 Å². The number of nitrogens with zero attached hydrogens (tertiary/aromatic N) is 4. The smallest absolute Gasteiger partial charge is 0.249 e. The molecule has 1 heterocycles. The minimum atomic E-state index is -0.837. The zero-order valence-electron chi connectivity index (χ0n) is 22.2. The molecule has 2 amide bonds. The average Bonchev–Trinajstić information content (AvgIpc) is 3.25. The summed E-state index contributed by atoms with van der Waals surface area (Å²) >= 11 is 0. The summed E-state index contributed by atoms with van der Waals surface area (Å²) in [5, 5.41) is 11.5. The normalized spacial score (nSPS) is 12.1. The number of aromatic nitrogens is 3. The third-order valence-electron chi connectivity index (χ3n) is 6.38. The van der Waals surface area contributed by atoms with Gasteiger partial charge in [0.05, 0.1) is 5.52 Å². The minimum absolute atomic E-state index is 0.0465. The van der Waals surface area contributed by atoms with Crippen LogP contribution in [-0.4, -0.2) is 33.4 Å². The quantitative estimate of drug-likeness (QED) is 0.341. The maximum Gasteiger partial charge on any atom is 0.249 e. The van der Waals surface area contributed by atoms with Crippen LogP contribution < -0.4 is 10.2 Å². The van der Waals surface area contributed by atoms with Gasteiger partial charge in [0, 0.05) is 12.2 Å². The largest absolute Gasteiger partial charge is 0.354 e. The molecule has 0 aliphatic rings. The van der Waals surface area contributed by atoms with Crippen LogP contribution in [0.2, 0.25) is 0 Å². The number of hydrogen-bond donors (Lipinski definition) is 1. The molecule has 7 nitrogen and oxygen atoms in total. The minimum Gasteiger partial charge on any atom is -0.354 e. The Kier molecular flexibility index (Phi) is 8.01. The number of aryl methyl sites for hydroxylation is 3. The van der Waals surface area contributed by atoms with Crippen LogP contribution in [0.1, 0.15) is 48.6 Å². The number of carbonyl (C=O) groups is 2. The first-order valence-corrected chi connectivity index (χ1v) is 12.8. The van der Waals surface area contributed by atoms with Gasteiger partial charge in [-0.2, -0.15) is 0 Å². The molecule has 4 aromatic rings. The van der Waals surface area contributed by atoms with E-state index >= 15 is 0 Å². The number of amides is 2. The first-order valence-electron chi connectivity index (χ1n) is 12.8. The Bertz CT molecular complexity index is 1370. The highest BCUT2D eigenvalue weighted by atomic mass is 16.2. The highest BCUT2D eigenvalue weighted by Gasteiger charge is 2.33. The molecular weight excluding hydrogens is 462 g/mol. The van der Waals surface area contributed by atoms with Crippen molar-refractivity contribution in [2.24, 2.45) is 5.92 Å². The number of benzene rings is 3. The van der Waals surface area contributed by atoms with Crippen molar-refractivity contribution in [2.45, 2.75) is 53.6 Å². The summed E-state index contributed by atoms with van der Waals surface area (Å²) in [5.41, 5.74) is 6.03. The van der Waals surface area contributed by atoms with Crippen LogP contribution in [0.25, 0.3) is 11.0 Å². The van der Waals surface area contributed by atoms with Gasteiger partial charge in [-0.05, 0) is 74.1 Å². The predicted molar refractivity (Wildman–Crippen MR) is 147 cm³/mol. The highest BCUT2D eigenvalue weighted by Crippen LogP contribution is 2.30. The molecule has 0 radical (unpaired) electrons. The Hall–Kier alpha value is -4.00. The number of carbonyl (C=O) groups excluding carboxylic acids is 2. The van der Waals surface area contributed by atoms with E-state index in [-0.39, 0.29) is 18.4 Å². The molecule has 192 valence electrons.